The van der Waals surface area contributed by atoms with Crippen LogP contribution < -0.4 is 5.73 Å². The van der Waals surface area contributed by atoms with E-state index in [2.05, 4.69) is 27.7 Å². The second kappa shape index (κ2) is 6.17. The van der Waals surface area contributed by atoms with Gasteiger partial charge in [-0.15, -0.1) is 0 Å². The third kappa shape index (κ3) is 4.57. The molecule has 3 nitrogen and oxygen atoms in total. The Morgan fingerprint density at radius 3 is 2.47 bits per heavy atom. The molecule has 3 heteroatoms. The van der Waals surface area contributed by atoms with Crippen LogP contribution in [0.5, 0.6) is 0 Å². The lowest BCUT2D eigenvalue weighted by Crippen LogP contribution is -2.49. The zero-order valence-electron chi connectivity index (χ0n) is 11.8. The molecule has 1 saturated carbocycles. The average Bonchev–Trinajstić information content (AvgIpc) is 2.24. The fourth-order valence-electron chi connectivity index (χ4n) is 2.55. The molecule has 0 spiro atoms. The van der Waals surface area contributed by atoms with Crippen molar-refractivity contribution in [2.75, 3.05) is 6.61 Å². The molecule has 17 heavy (non-hydrogen) atoms. The Bertz CT molecular complexity index is 225. The van der Waals surface area contributed by atoms with Crippen LogP contribution in [-0.2, 0) is 4.74 Å². The topological polar surface area (TPSA) is 55.5 Å². The molecule has 3 N–H and O–H groups in total. The van der Waals surface area contributed by atoms with Gasteiger partial charge < -0.3 is 15.6 Å². The van der Waals surface area contributed by atoms with Gasteiger partial charge in [0.25, 0.3) is 0 Å². The van der Waals surface area contributed by atoms with E-state index in [-0.39, 0.29) is 30.3 Å². The normalized spacial score (nSPS) is 30.0. The molecule has 0 bridgehead atoms. The summed E-state index contributed by atoms with van der Waals surface area (Å²) in [6, 6.07) is -0.121. The van der Waals surface area contributed by atoms with Crippen molar-refractivity contribution in [2.45, 2.75) is 71.6 Å². The Balaban J connectivity index is 2.51. The van der Waals surface area contributed by atoms with Crippen LogP contribution in [0.2, 0.25) is 0 Å². The minimum atomic E-state index is -0.231. The highest BCUT2D eigenvalue weighted by molar-refractivity contribution is 4.85. The zero-order chi connectivity index (χ0) is 13.1. The predicted octanol–water partition coefficient (Wildman–Crippen LogP) is 2.32. The molecule has 102 valence electrons. The van der Waals surface area contributed by atoms with E-state index in [1.165, 1.54) is 12.8 Å². The quantitative estimate of drug-likeness (QED) is 0.796. The minimum absolute atomic E-state index is 0.0172. The summed E-state index contributed by atoms with van der Waals surface area (Å²) in [6.45, 7) is 8.56. The van der Waals surface area contributed by atoms with Gasteiger partial charge in [-0.05, 0) is 24.2 Å². The number of ether oxygens (including phenoxy) is 1. The van der Waals surface area contributed by atoms with Crippen molar-refractivity contribution in [3.63, 3.8) is 0 Å². The smallest absolute Gasteiger partial charge is 0.0964 e. The number of rotatable bonds is 4. The van der Waals surface area contributed by atoms with E-state index >= 15 is 0 Å². The van der Waals surface area contributed by atoms with E-state index in [1.54, 1.807) is 0 Å². The summed E-state index contributed by atoms with van der Waals surface area (Å²) in [5.41, 5.74) is 6.14. The molecule has 0 aromatic carbocycles. The van der Waals surface area contributed by atoms with Gasteiger partial charge >= 0.3 is 0 Å². The molecule has 0 saturated heterocycles. The zero-order valence-corrected chi connectivity index (χ0v) is 11.8. The lowest BCUT2D eigenvalue weighted by molar-refractivity contribution is -0.0840. The molecule has 0 aromatic heterocycles. The minimum Gasteiger partial charge on any atom is -0.394 e. The Hall–Kier alpha value is -0.120. The maximum Gasteiger partial charge on any atom is 0.0964 e. The molecule has 4 atom stereocenters. The Morgan fingerprint density at radius 2 is 2.00 bits per heavy atom. The monoisotopic (exact) mass is 243 g/mol. The molecule has 0 aliphatic heterocycles. The highest BCUT2D eigenvalue weighted by Crippen LogP contribution is 2.29. The van der Waals surface area contributed by atoms with Crippen LogP contribution in [0.4, 0.5) is 0 Å². The first-order valence-electron chi connectivity index (χ1n) is 6.86. The number of hydrogen-bond acceptors (Lipinski definition) is 3. The van der Waals surface area contributed by atoms with E-state index in [9.17, 15) is 5.11 Å². The number of aliphatic hydroxyl groups excluding tert-OH is 1. The van der Waals surface area contributed by atoms with Crippen LogP contribution >= 0.6 is 0 Å². The van der Waals surface area contributed by atoms with Gasteiger partial charge in [0.2, 0.25) is 0 Å². The van der Waals surface area contributed by atoms with Crippen molar-refractivity contribution < 1.29 is 9.84 Å². The van der Waals surface area contributed by atoms with Crippen molar-refractivity contribution >= 4 is 0 Å². The van der Waals surface area contributed by atoms with Crippen molar-refractivity contribution in [2.24, 2.45) is 17.1 Å². The first-order chi connectivity index (χ1) is 7.84. The first kappa shape index (κ1) is 14.9. The van der Waals surface area contributed by atoms with Crippen LogP contribution in [0.15, 0.2) is 0 Å². The van der Waals surface area contributed by atoms with E-state index in [0.717, 1.165) is 18.8 Å². The SMILES string of the molecule is CC1CCCC(OC(CO)C(N)C(C)(C)C)C1. The largest absolute Gasteiger partial charge is 0.394 e. The lowest BCUT2D eigenvalue weighted by atomic mass is 9.83. The summed E-state index contributed by atoms with van der Waals surface area (Å²) in [7, 11) is 0. The summed E-state index contributed by atoms with van der Waals surface area (Å²) in [5, 5.41) is 9.45. The van der Waals surface area contributed by atoms with Crippen molar-refractivity contribution in [3.05, 3.63) is 0 Å². The molecular weight excluding hydrogens is 214 g/mol. The van der Waals surface area contributed by atoms with Crippen molar-refractivity contribution in [1.29, 1.82) is 0 Å². The van der Waals surface area contributed by atoms with Gasteiger partial charge in [-0.3, -0.25) is 0 Å². The van der Waals surface area contributed by atoms with Gasteiger partial charge in [0.05, 0.1) is 18.8 Å². The maximum absolute atomic E-state index is 9.45. The van der Waals surface area contributed by atoms with Crippen molar-refractivity contribution in [3.8, 4) is 0 Å². The van der Waals surface area contributed by atoms with Gasteiger partial charge in [0.1, 0.15) is 0 Å². The molecule has 1 aliphatic rings. The number of nitrogens with two attached hydrogens (primary N) is 1. The summed E-state index contributed by atoms with van der Waals surface area (Å²) in [6.07, 6.45) is 4.80. The second-order valence-corrected chi connectivity index (χ2v) is 6.64. The summed E-state index contributed by atoms with van der Waals surface area (Å²) in [5.74, 6) is 0.735. The number of hydrogen-bond donors (Lipinski definition) is 2. The van der Waals surface area contributed by atoms with Gasteiger partial charge in [0, 0.05) is 6.04 Å². The van der Waals surface area contributed by atoms with Gasteiger partial charge in [0.15, 0.2) is 0 Å². The third-order valence-electron chi connectivity index (χ3n) is 3.84. The van der Waals surface area contributed by atoms with Crippen LogP contribution in [0.25, 0.3) is 0 Å². The van der Waals surface area contributed by atoms with Crippen LogP contribution in [0, 0.1) is 11.3 Å². The maximum atomic E-state index is 9.45. The molecule has 0 amide bonds. The fourth-order valence-corrected chi connectivity index (χ4v) is 2.55. The summed E-state index contributed by atoms with van der Waals surface area (Å²) < 4.78 is 6.02. The third-order valence-corrected chi connectivity index (χ3v) is 3.84. The van der Waals surface area contributed by atoms with Crippen LogP contribution in [0.1, 0.15) is 53.4 Å². The Labute approximate surface area is 106 Å². The highest BCUT2D eigenvalue weighted by atomic mass is 16.5. The Morgan fingerprint density at radius 1 is 1.35 bits per heavy atom. The molecule has 0 aromatic rings. The first-order valence-corrected chi connectivity index (χ1v) is 6.86. The second-order valence-electron chi connectivity index (χ2n) is 6.64. The lowest BCUT2D eigenvalue weighted by Gasteiger charge is -2.37. The average molecular weight is 243 g/mol. The fraction of sp³-hybridized carbons (Fsp3) is 1.00. The van der Waals surface area contributed by atoms with Gasteiger partial charge in [-0.2, -0.15) is 0 Å². The molecule has 1 rings (SSSR count). The molecule has 1 fully saturated rings. The Kier molecular flexibility index (Phi) is 5.42. The van der Waals surface area contributed by atoms with E-state index in [4.69, 9.17) is 10.5 Å². The van der Waals surface area contributed by atoms with Crippen LogP contribution in [-0.4, -0.2) is 30.0 Å². The summed E-state index contributed by atoms with van der Waals surface area (Å²) >= 11 is 0. The molecule has 0 heterocycles. The standard InChI is InChI=1S/C14H29NO2/c1-10-6-5-7-11(8-10)17-12(9-16)13(15)14(2,3)4/h10-13,16H,5-9,15H2,1-4H3. The van der Waals surface area contributed by atoms with Crippen LogP contribution in [0.3, 0.4) is 0 Å². The summed E-state index contributed by atoms with van der Waals surface area (Å²) in [4.78, 5) is 0. The molecule has 4 unspecified atom stereocenters. The molecule has 1 aliphatic carbocycles. The van der Waals surface area contributed by atoms with Crippen molar-refractivity contribution in [1.82, 2.24) is 0 Å². The van der Waals surface area contributed by atoms with E-state index in [1.807, 2.05) is 0 Å². The van der Waals surface area contributed by atoms with E-state index in [0.29, 0.717) is 0 Å². The number of aliphatic hydroxyl groups is 1. The van der Waals surface area contributed by atoms with Gasteiger partial charge in [-0.1, -0.05) is 40.5 Å². The molecule has 0 radical (unpaired) electrons. The van der Waals surface area contributed by atoms with Gasteiger partial charge in [-0.25, -0.2) is 0 Å². The molecular formula is C14H29NO2. The highest BCUT2D eigenvalue weighted by Gasteiger charge is 2.32. The predicted molar refractivity (Wildman–Crippen MR) is 70.8 cm³/mol. The van der Waals surface area contributed by atoms with E-state index < -0.39 is 0 Å².